The molecule has 3 heterocycles. The molecule has 2 aliphatic rings. The molecule has 192 valence electrons. The van der Waals surface area contributed by atoms with Crippen LogP contribution in [0, 0.1) is 6.92 Å². The van der Waals surface area contributed by atoms with Gasteiger partial charge in [0.25, 0.3) is 0 Å². The quantitative estimate of drug-likeness (QED) is 0.472. The van der Waals surface area contributed by atoms with Crippen LogP contribution in [-0.4, -0.2) is 41.4 Å². The lowest BCUT2D eigenvalue weighted by atomic mass is 9.97. The fourth-order valence-corrected chi connectivity index (χ4v) is 4.61. The average Bonchev–Trinajstić information content (AvgIpc) is 3.45. The SMILES string of the molecule is Cc1ccc(Nc2cccc3c2OC[C@H]3N(C(=O)C(F)(F)F)c2ccc3c(c2)OC[C@H]3CC(=O)O)cn1. The second-order valence-corrected chi connectivity index (χ2v) is 8.86. The Morgan fingerprint density at radius 3 is 2.62 bits per heavy atom. The molecule has 0 radical (unpaired) electrons. The third-order valence-corrected chi connectivity index (χ3v) is 6.33. The summed E-state index contributed by atoms with van der Waals surface area (Å²) in [5, 5.41) is 12.3. The first kappa shape index (κ1) is 24.4. The second kappa shape index (κ2) is 9.30. The van der Waals surface area contributed by atoms with Crippen LogP contribution in [-0.2, 0) is 9.59 Å². The number of aliphatic carboxylic acids is 1. The number of halogens is 3. The molecule has 2 aromatic carbocycles. The van der Waals surface area contributed by atoms with E-state index in [-0.39, 0.29) is 31.1 Å². The molecule has 3 aromatic rings. The molecule has 8 nitrogen and oxygen atoms in total. The van der Waals surface area contributed by atoms with E-state index < -0.39 is 30.0 Å². The first-order valence-electron chi connectivity index (χ1n) is 11.5. The maximum absolute atomic E-state index is 13.7. The molecule has 0 bridgehead atoms. The molecular formula is C26H22F3N3O5. The number of carboxylic acids is 1. The zero-order valence-electron chi connectivity index (χ0n) is 19.6. The van der Waals surface area contributed by atoms with E-state index in [0.29, 0.717) is 33.2 Å². The molecule has 1 aromatic heterocycles. The molecule has 0 unspecified atom stereocenters. The number of alkyl halides is 3. The number of carbonyl (C=O) groups excluding carboxylic acids is 1. The number of ether oxygens (including phenoxy) is 2. The first-order valence-corrected chi connectivity index (χ1v) is 11.5. The van der Waals surface area contributed by atoms with Gasteiger partial charge in [-0.25, -0.2) is 0 Å². The Morgan fingerprint density at radius 2 is 1.92 bits per heavy atom. The van der Waals surface area contributed by atoms with Crippen LogP contribution in [0.1, 0.15) is 35.2 Å². The van der Waals surface area contributed by atoms with Gasteiger partial charge < -0.3 is 19.9 Å². The van der Waals surface area contributed by atoms with E-state index in [9.17, 15) is 22.8 Å². The number of pyridine rings is 1. The van der Waals surface area contributed by atoms with E-state index in [1.165, 1.54) is 18.2 Å². The van der Waals surface area contributed by atoms with Crippen LogP contribution in [0.3, 0.4) is 0 Å². The van der Waals surface area contributed by atoms with Crippen LogP contribution in [0.15, 0.2) is 54.7 Å². The van der Waals surface area contributed by atoms with Gasteiger partial charge in [-0.15, -0.1) is 0 Å². The third kappa shape index (κ3) is 4.76. The van der Waals surface area contributed by atoms with Gasteiger partial charge in [0.1, 0.15) is 18.1 Å². The molecule has 2 N–H and O–H groups in total. The van der Waals surface area contributed by atoms with Gasteiger partial charge in [0.15, 0.2) is 0 Å². The standard InChI is InChI=1S/C26H22F3N3O5/c1-14-5-6-16(11-30-14)31-20-4-2-3-19-21(13-37-24(19)20)32(25(35)26(27,28)29)17-7-8-18-15(9-23(33)34)12-36-22(18)10-17/h2-8,10-11,15,21,31H,9,12-13H2,1H3,(H,33,34)/t15-,21-/m1/s1. The number of aromatic nitrogens is 1. The summed E-state index contributed by atoms with van der Waals surface area (Å²) >= 11 is 0. The normalized spacial score (nSPS) is 17.8. The highest BCUT2D eigenvalue weighted by atomic mass is 19.4. The molecule has 2 atom stereocenters. The molecule has 0 saturated carbocycles. The minimum atomic E-state index is -5.14. The molecule has 1 amide bonds. The van der Waals surface area contributed by atoms with Crippen LogP contribution < -0.4 is 19.7 Å². The number of para-hydroxylation sites is 1. The van der Waals surface area contributed by atoms with E-state index in [1.807, 2.05) is 19.1 Å². The zero-order chi connectivity index (χ0) is 26.3. The summed E-state index contributed by atoms with van der Waals surface area (Å²) in [7, 11) is 0. The largest absolute Gasteiger partial charge is 0.493 e. The maximum Gasteiger partial charge on any atom is 0.471 e. The summed E-state index contributed by atoms with van der Waals surface area (Å²) in [6.45, 7) is 1.75. The van der Waals surface area contributed by atoms with Gasteiger partial charge in [-0.3, -0.25) is 19.5 Å². The number of nitrogens with one attached hydrogen (secondary N) is 1. The Kier molecular flexibility index (Phi) is 6.14. The van der Waals surface area contributed by atoms with Crippen LogP contribution >= 0.6 is 0 Å². The average molecular weight is 513 g/mol. The van der Waals surface area contributed by atoms with Crippen molar-refractivity contribution in [3.8, 4) is 11.5 Å². The van der Waals surface area contributed by atoms with E-state index in [1.54, 1.807) is 24.4 Å². The molecule has 37 heavy (non-hydrogen) atoms. The summed E-state index contributed by atoms with van der Waals surface area (Å²) in [5.74, 6) is -2.88. The summed E-state index contributed by atoms with van der Waals surface area (Å²) in [6, 6.07) is 11.8. The number of carboxylic acid groups (broad SMARTS) is 1. The molecule has 11 heteroatoms. The third-order valence-electron chi connectivity index (χ3n) is 6.33. The van der Waals surface area contributed by atoms with Gasteiger partial charge in [0, 0.05) is 34.5 Å². The summed E-state index contributed by atoms with van der Waals surface area (Å²) in [5.41, 5.74) is 2.98. The molecule has 0 aliphatic carbocycles. The highest BCUT2D eigenvalue weighted by Gasteiger charge is 2.48. The molecular weight excluding hydrogens is 491 g/mol. The fourth-order valence-electron chi connectivity index (χ4n) is 4.61. The van der Waals surface area contributed by atoms with E-state index in [0.717, 1.165) is 5.69 Å². The van der Waals surface area contributed by atoms with Gasteiger partial charge >= 0.3 is 18.1 Å². The van der Waals surface area contributed by atoms with Crippen molar-refractivity contribution in [2.24, 2.45) is 0 Å². The first-order chi connectivity index (χ1) is 17.6. The van der Waals surface area contributed by atoms with E-state index in [2.05, 4.69) is 10.3 Å². The van der Waals surface area contributed by atoms with Gasteiger partial charge in [-0.1, -0.05) is 18.2 Å². The maximum atomic E-state index is 13.7. The summed E-state index contributed by atoms with van der Waals surface area (Å²) < 4.78 is 52.6. The predicted molar refractivity (Wildman–Crippen MR) is 127 cm³/mol. The highest BCUT2D eigenvalue weighted by Crippen LogP contribution is 2.46. The van der Waals surface area contributed by atoms with E-state index >= 15 is 0 Å². The number of benzene rings is 2. The van der Waals surface area contributed by atoms with E-state index in [4.69, 9.17) is 14.6 Å². The fraction of sp³-hybridized carbons (Fsp3) is 0.269. The number of amides is 1. The lowest BCUT2D eigenvalue weighted by Crippen LogP contribution is -2.44. The molecule has 2 aliphatic heterocycles. The van der Waals surface area contributed by atoms with Crippen molar-refractivity contribution in [1.82, 2.24) is 4.98 Å². The zero-order valence-corrected chi connectivity index (χ0v) is 19.6. The van der Waals surface area contributed by atoms with Gasteiger partial charge in [-0.2, -0.15) is 13.2 Å². The number of nitrogens with zero attached hydrogens (tertiary/aromatic N) is 2. The minimum Gasteiger partial charge on any atom is -0.493 e. The highest BCUT2D eigenvalue weighted by molar-refractivity contribution is 5.98. The number of anilines is 3. The number of hydrogen-bond acceptors (Lipinski definition) is 6. The summed E-state index contributed by atoms with van der Waals surface area (Å²) in [6.07, 6.45) is -3.69. The number of hydrogen-bond donors (Lipinski definition) is 2. The van der Waals surface area contributed by atoms with Crippen molar-refractivity contribution in [3.05, 3.63) is 71.5 Å². The number of aryl methyl sites for hydroxylation is 1. The number of rotatable bonds is 6. The Morgan fingerprint density at radius 1 is 1.11 bits per heavy atom. The van der Waals surface area contributed by atoms with Crippen LogP contribution in [0.4, 0.5) is 30.2 Å². The van der Waals surface area contributed by atoms with Crippen LogP contribution in [0.2, 0.25) is 0 Å². The molecule has 0 spiro atoms. The van der Waals surface area contributed by atoms with Crippen molar-refractivity contribution >= 4 is 28.9 Å². The Hall–Kier alpha value is -4.28. The second-order valence-electron chi connectivity index (χ2n) is 8.86. The van der Waals surface area contributed by atoms with Crippen molar-refractivity contribution in [2.45, 2.75) is 31.5 Å². The predicted octanol–water partition coefficient (Wildman–Crippen LogP) is 5.11. The topological polar surface area (TPSA) is 101 Å². The number of carbonyl (C=O) groups is 2. The Bertz CT molecular complexity index is 1360. The van der Waals surface area contributed by atoms with Gasteiger partial charge in [-0.05, 0) is 31.2 Å². The molecule has 0 fully saturated rings. The molecule has 0 saturated heterocycles. The van der Waals surface area contributed by atoms with Crippen molar-refractivity contribution in [1.29, 1.82) is 0 Å². The van der Waals surface area contributed by atoms with Gasteiger partial charge in [0.2, 0.25) is 0 Å². The number of fused-ring (bicyclic) bond motifs is 2. The van der Waals surface area contributed by atoms with Crippen LogP contribution in [0.5, 0.6) is 11.5 Å². The van der Waals surface area contributed by atoms with Crippen molar-refractivity contribution in [2.75, 3.05) is 23.4 Å². The van der Waals surface area contributed by atoms with Crippen LogP contribution in [0.25, 0.3) is 0 Å². The monoisotopic (exact) mass is 513 g/mol. The lowest BCUT2D eigenvalue weighted by molar-refractivity contribution is -0.171. The molecule has 5 rings (SSSR count). The van der Waals surface area contributed by atoms with Gasteiger partial charge in [0.05, 0.1) is 36.6 Å². The Balaban J connectivity index is 1.51. The smallest absolute Gasteiger partial charge is 0.471 e. The Labute approximate surface area is 209 Å². The lowest BCUT2D eigenvalue weighted by Gasteiger charge is -2.29. The minimum absolute atomic E-state index is 0.0282. The van der Waals surface area contributed by atoms with Crippen molar-refractivity contribution in [3.63, 3.8) is 0 Å². The van der Waals surface area contributed by atoms with Crippen molar-refractivity contribution < 1.29 is 37.3 Å². The summed E-state index contributed by atoms with van der Waals surface area (Å²) in [4.78, 5) is 28.7.